The van der Waals surface area contributed by atoms with Crippen LogP contribution in [0.25, 0.3) is 0 Å². The zero-order valence-electron chi connectivity index (χ0n) is 7.88. The van der Waals surface area contributed by atoms with Crippen molar-refractivity contribution in [1.82, 2.24) is 0 Å². The molecule has 0 rings (SSSR count). The zero-order valence-corrected chi connectivity index (χ0v) is 12.2. The Morgan fingerprint density at radius 2 is 1.54 bits per heavy atom. The van der Waals surface area contributed by atoms with Crippen molar-refractivity contribution in [2.75, 3.05) is 13.2 Å². The summed E-state index contributed by atoms with van der Waals surface area (Å²) in [6.07, 6.45) is -0.187. The molecule has 0 aromatic heterocycles. The zero-order chi connectivity index (χ0) is 10.3. The van der Waals surface area contributed by atoms with Crippen molar-refractivity contribution in [3.8, 4) is 0 Å². The molecule has 80 valence electrons. The van der Waals surface area contributed by atoms with E-state index in [1.807, 2.05) is 66.8 Å². The summed E-state index contributed by atoms with van der Waals surface area (Å²) in [5, 5.41) is 0. The van der Waals surface area contributed by atoms with E-state index in [1.165, 1.54) is 0 Å². The third kappa shape index (κ3) is 9.60. The van der Waals surface area contributed by atoms with Crippen molar-refractivity contribution < 1.29 is 15.9 Å². The van der Waals surface area contributed by atoms with Crippen molar-refractivity contribution in [2.45, 2.75) is 32.5 Å². The van der Waals surface area contributed by atoms with E-state index in [1.54, 1.807) is 0 Å². The summed E-state index contributed by atoms with van der Waals surface area (Å²) in [5.74, 6) is 0. The van der Waals surface area contributed by atoms with E-state index in [4.69, 9.17) is 15.9 Å². The monoisotopic (exact) mass is 416 g/mol. The highest BCUT2D eigenvalue weighted by atomic mass is 127. The Kier molecular flexibility index (Phi) is 8.33. The van der Waals surface area contributed by atoms with Crippen LogP contribution in [0.3, 0.4) is 0 Å². The van der Waals surface area contributed by atoms with Gasteiger partial charge in [0.1, 0.15) is 52.1 Å². The Balaban J connectivity index is 3.68. The summed E-state index contributed by atoms with van der Waals surface area (Å²) in [6, 6.07) is 0. The van der Waals surface area contributed by atoms with Crippen LogP contribution in [0.1, 0.15) is 20.8 Å². The first kappa shape index (κ1) is 14.3. The number of hydrogen-bond acceptors (Lipinski definition) is 4. The van der Waals surface area contributed by atoms with Crippen molar-refractivity contribution in [3.05, 3.63) is 0 Å². The molecule has 0 radical (unpaired) electrons. The van der Waals surface area contributed by atoms with E-state index in [2.05, 4.69) is 0 Å². The highest BCUT2D eigenvalue weighted by Crippen LogP contribution is 2.10. The lowest BCUT2D eigenvalue weighted by atomic mass is 10.2. The standard InChI is InChI=1S/C7H14I2O4/c1-7(2,3)13-12-6(4-10-8)5-11-9/h6H,4-5H2,1-3H3. The van der Waals surface area contributed by atoms with Gasteiger partial charge in [-0.3, -0.25) is 0 Å². The van der Waals surface area contributed by atoms with Crippen LogP contribution >= 0.6 is 46.0 Å². The molecule has 4 nitrogen and oxygen atoms in total. The van der Waals surface area contributed by atoms with Crippen molar-refractivity contribution >= 4 is 46.0 Å². The molecule has 0 aliphatic carbocycles. The fourth-order valence-electron chi connectivity index (χ4n) is 0.457. The minimum atomic E-state index is -0.311. The van der Waals surface area contributed by atoms with Crippen molar-refractivity contribution in [2.24, 2.45) is 0 Å². The molecule has 0 unspecified atom stereocenters. The van der Waals surface area contributed by atoms with E-state index < -0.39 is 0 Å². The highest BCUT2D eigenvalue weighted by Gasteiger charge is 2.17. The molecule has 0 heterocycles. The van der Waals surface area contributed by atoms with E-state index in [0.29, 0.717) is 13.2 Å². The minimum absolute atomic E-state index is 0.187. The van der Waals surface area contributed by atoms with Crippen molar-refractivity contribution in [3.63, 3.8) is 0 Å². The second kappa shape index (κ2) is 7.57. The summed E-state index contributed by atoms with van der Waals surface area (Å²) in [7, 11) is 0. The molecule has 0 spiro atoms. The van der Waals surface area contributed by atoms with Gasteiger partial charge >= 0.3 is 0 Å². The maximum atomic E-state index is 5.13. The summed E-state index contributed by atoms with van der Waals surface area (Å²) in [6.45, 7) is 6.64. The van der Waals surface area contributed by atoms with E-state index >= 15 is 0 Å². The van der Waals surface area contributed by atoms with Gasteiger partial charge in [0.25, 0.3) is 0 Å². The fraction of sp³-hybridized carbons (Fsp3) is 1.00. The first-order valence-corrected chi connectivity index (χ1v) is 5.57. The van der Waals surface area contributed by atoms with Gasteiger partial charge in [-0.1, -0.05) is 0 Å². The smallest absolute Gasteiger partial charge is 0.141 e. The Labute approximate surface area is 107 Å². The topological polar surface area (TPSA) is 36.9 Å². The molecule has 0 saturated carbocycles. The molecule has 0 aromatic rings. The summed E-state index contributed by atoms with van der Waals surface area (Å²) in [4.78, 5) is 10.3. The lowest BCUT2D eigenvalue weighted by molar-refractivity contribution is -0.376. The molecule has 0 N–H and O–H groups in total. The lowest BCUT2D eigenvalue weighted by Crippen LogP contribution is -2.29. The van der Waals surface area contributed by atoms with Crippen LogP contribution in [-0.2, 0) is 15.9 Å². The molecule has 0 fully saturated rings. The van der Waals surface area contributed by atoms with Crippen LogP contribution in [0, 0.1) is 0 Å². The Hall–Kier alpha value is 1.30. The Morgan fingerprint density at radius 1 is 1.08 bits per heavy atom. The predicted molar refractivity (Wildman–Crippen MR) is 65.7 cm³/mol. The lowest BCUT2D eigenvalue weighted by Gasteiger charge is -2.21. The summed E-state index contributed by atoms with van der Waals surface area (Å²) < 4.78 is 9.81. The number of rotatable bonds is 6. The van der Waals surface area contributed by atoms with E-state index in [-0.39, 0.29) is 11.7 Å². The molecule has 0 amide bonds. The molecule has 0 aliphatic heterocycles. The molecule has 13 heavy (non-hydrogen) atoms. The normalized spacial score (nSPS) is 12.5. The second-order valence-corrected chi connectivity index (χ2v) is 4.71. The van der Waals surface area contributed by atoms with E-state index in [0.717, 1.165) is 0 Å². The van der Waals surface area contributed by atoms with E-state index in [9.17, 15) is 0 Å². The average molecular weight is 416 g/mol. The van der Waals surface area contributed by atoms with Crippen LogP contribution in [0.5, 0.6) is 0 Å². The molecule has 6 heteroatoms. The molecule has 0 aromatic carbocycles. The Bertz CT molecular complexity index is 120. The van der Waals surface area contributed by atoms with Crippen LogP contribution in [0.15, 0.2) is 0 Å². The van der Waals surface area contributed by atoms with Crippen LogP contribution in [0.2, 0.25) is 0 Å². The second-order valence-electron chi connectivity index (χ2n) is 3.47. The largest absolute Gasteiger partial charge is 0.313 e. The third-order valence-electron chi connectivity index (χ3n) is 0.932. The van der Waals surface area contributed by atoms with Gasteiger partial charge in [0.05, 0.1) is 18.8 Å². The quantitative estimate of drug-likeness (QED) is 0.380. The molecule has 0 bridgehead atoms. The molecular formula is C7H14I2O4. The number of hydrogen-bond donors (Lipinski definition) is 0. The first-order chi connectivity index (χ1) is 5.99. The van der Waals surface area contributed by atoms with Gasteiger partial charge in [0.15, 0.2) is 0 Å². The predicted octanol–water partition coefficient (Wildman–Crippen LogP) is 2.83. The van der Waals surface area contributed by atoms with Crippen molar-refractivity contribution in [1.29, 1.82) is 0 Å². The third-order valence-corrected chi connectivity index (χ3v) is 1.65. The van der Waals surface area contributed by atoms with Gasteiger partial charge in [0, 0.05) is 0 Å². The van der Waals surface area contributed by atoms with Crippen LogP contribution < -0.4 is 0 Å². The maximum absolute atomic E-state index is 5.13. The average Bonchev–Trinajstić information content (AvgIpc) is 2.00. The number of halogens is 2. The van der Waals surface area contributed by atoms with Gasteiger partial charge in [-0.05, 0) is 20.8 Å². The van der Waals surface area contributed by atoms with Gasteiger partial charge in [-0.2, -0.15) is 0 Å². The van der Waals surface area contributed by atoms with Gasteiger partial charge in [-0.25, -0.2) is 9.78 Å². The first-order valence-electron chi connectivity index (χ1n) is 3.81. The molecule has 0 atom stereocenters. The molecular weight excluding hydrogens is 402 g/mol. The van der Waals surface area contributed by atoms with Crippen LogP contribution in [-0.4, -0.2) is 24.9 Å². The highest BCUT2D eigenvalue weighted by molar-refractivity contribution is 14.1. The van der Waals surface area contributed by atoms with Gasteiger partial charge < -0.3 is 6.13 Å². The minimum Gasteiger partial charge on any atom is -0.313 e. The fourth-order valence-corrected chi connectivity index (χ4v) is 1.26. The molecule has 0 aliphatic rings. The summed E-state index contributed by atoms with van der Waals surface area (Å²) in [5.41, 5.74) is -0.311. The van der Waals surface area contributed by atoms with Crippen LogP contribution in [0.4, 0.5) is 0 Å². The molecule has 0 saturated heterocycles. The summed E-state index contributed by atoms with van der Waals surface area (Å²) >= 11 is 3.62. The van der Waals surface area contributed by atoms with Gasteiger partial charge in [-0.15, -0.1) is 0 Å². The Morgan fingerprint density at radius 3 is 1.85 bits per heavy atom. The maximum Gasteiger partial charge on any atom is 0.141 e. The van der Waals surface area contributed by atoms with Gasteiger partial charge in [0.2, 0.25) is 0 Å². The SMILES string of the molecule is CC(C)(C)OOC(COI)COI.